The molecule has 0 atom stereocenters. The summed E-state index contributed by atoms with van der Waals surface area (Å²) in [4.78, 5) is 30.3. The van der Waals surface area contributed by atoms with Gasteiger partial charge in [-0.2, -0.15) is 0 Å². The molecule has 1 aliphatic rings. The highest BCUT2D eigenvalue weighted by atomic mass is 16.4. The van der Waals surface area contributed by atoms with Gasteiger partial charge in [-0.1, -0.05) is 6.07 Å². The lowest BCUT2D eigenvalue weighted by molar-refractivity contribution is -0.139. The fourth-order valence-electron chi connectivity index (χ4n) is 2.14. The number of hydrogen-bond donors (Lipinski definition) is 1. The van der Waals surface area contributed by atoms with Crippen molar-refractivity contribution in [1.82, 2.24) is 14.8 Å². The molecule has 2 heterocycles. The Balaban J connectivity index is 1.81. The third-order valence-electron chi connectivity index (χ3n) is 3.16. The Labute approximate surface area is 111 Å². The van der Waals surface area contributed by atoms with Crippen LogP contribution in [0.2, 0.25) is 0 Å². The van der Waals surface area contributed by atoms with E-state index in [1.165, 1.54) is 0 Å². The van der Waals surface area contributed by atoms with Crippen LogP contribution in [0.15, 0.2) is 24.5 Å². The van der Waals surface area contributed by atoms with E-state index in [0.29, 0.717) is 32.6 Å². The number of carbonyl (C=O) groups is 2. The minimum atomic E-state index is -0.824. The number of rotatable bonds is 4. The number of aliphatic carboxylic acids is 1. The summed E-state index contributed by atoms with van der Waals surface area (Å²) in [6.45, 7) is 2.46. The molecular formula is C13H17N3O3. The van der Waals surface area contributed by atoms with Gasteiger partial charge >= 0.3 is 5.97 Å². The van der Waals surface area contributed by atoms with Crippen LogP contribution in [-0.2, 0) is 16.0 Å². The van der Waals surface area contributed by atoms with Crippen molar-refractivity contribution >= 4 is 11.9 Å². The predicted octanol–water partition coefficient (Wildman–Crippen LogP) is -0.147. The third kappa shape index (κ3) is 4.03. The Morgan fingerprint density at radius 3 is 2.58 bits per heavy atom. The number of piperazine rings is 1. The lowest BCUT2D eigenvalue weighted by Gasteiger charge is -2.33. The average Bonchev–Trinajstić information content (AvgIpc) is 2.40. The fraction of sp³-hybridized carbons (Fsp3) is 0.462. The van der Waals surface area contributed by atoms with E-state index in [1.807, 2.05) is 17.0 Å². The van der Waals surface area contributed by atoms with Crippen molar-refractivity contribution in [2.45, 2.75) is 6.42 Å². The molecule has 1 aromatic heterocycles. The van der Waals surface area contributed by atoms with E-state index in [0.717, 1.165) is 5.56 Å². The maximum atomic E-state index is 12.1. The Bertz CT molecular complexity index is 442. The largest absolute Gasteiger partial charge is 0.480 e. The Morgan fingerprint density at radius 2 is 2.00 bits per heavy atom. The monoisotopic (exact) mass is 263 g/mol. The van der Waals surface area contributed by atoms with Crippen molar-refractivity contribution in [3.05, 3.63) is 30.1 Å². The van der Waals surface area contributed by atoms with Crippen molar-refractivity contribution < 1.29 is 14.7 Å². The van der Waals surface area contributed by atoms with Crippen molar-refractivity contribution in [2.24, 2.45) is 0 Å². The van der Waals surface area contributed by atoms with E-state index in [4.69, 9.17) is 5.11 Å². The van der Waals surface area contributed by atoms with E-state index < -0.39 is 5.97 Å². The first kappa shape index (κ1) is 13.5. The molecule has 1 amide bonds. The summed E-state index contributed by atoms with van der Waals surface area (Å²) in [7, 11) is 0. The van der Waals surface area contributed by atoms with Gasteiger partial charge in [0.1, 0.15) is 0 Å². The van der Waals surface area contributed by atoms with Gasteiger partial charge in [-0.3, -0.25) is 19.5 Å². The quantitative estimate of drug-likeness (QED) is 0.818. The van der Waals surface area contributed by atoms with E-state index in [9.17, 15) is 9.59 Å². The maximum Gasteiger partial charge on any atom is 0.317 e. The van der Waals surface area contributed by atoms with Gasteiger partial charge in [0.2, 0.25) is 5.91 Å². The van der Waals surface area contributed by atoms with E-state index in [2.05, 4.69) is 4.98 Å². The van der Waals surface area contributed by atoms with Crippen LogP contribution in [-0.4, -0.2) is 64.5 Å². The normalized spacial score (nSPS) is 16.3. The van der Waals surface area contributed by atoms with Gasteiger partial charge in [0.15, 0.2) is 0 Å². The first-order valence-corrected chi connectivity index (χ1v) is 6.26. The highest BCUT2D eigenvalue weighted by molar-refractivity contribution is 5.78. The number of hydrogen-bond acceptors (Lipinski definition) is 4. The molecule has 0 spiro atoms. The Kier molecular flexibility index (Phi) is 4.46. The summed E-state index contributed by atoms with van der Waals surface area (Å²) in [6, 6.07) is 3.69. The van der Waals surface area contributed by atoms with Crippen LogP contribution in [0.4, 0.5) is 0 Å². The Hall–Kier alpha value is -1.95. The number of carbonyl (C=O) groups excluding carboxylic acids is 1. The topological polar surface area (TPSA) is 73.7 Å². The molecule has 1 aliphatic heterocycles. The highest BCUT2D eigenvalue weighted by Gasteiger charge is 2.22. The molecule has 1 aromatic rings. The number of carboxylic acid groups (broad SMARTS) is 1. The van der Waals surface area contributed by atoms with Crippen molar-refractivity contribution in [3.8, 4) is 0 Å². The van der Waals surface area contributed by atoms with Gasteiger partial charge in [0.25, 0.3) is 0 Å². The molecule has 0 bridgehead atoms. The number of carboxylic acids is 1. The molecule has 2 rings (SSSR count). The van der Waals surface area contributed by atoms with Crippen LogP contribution in [0, 0.1) is 0 Å². The Morgan fingerprint density at radius 1 is 1.26 bits per heavy atom. The van der Waals surface area contributed by atoms with Crippen LogP contribution >= 0.6 is 0 Å². The summed E-state index contributed by atoms with van der Waals surface area (Å²) < 4.78 is 0. The van der Waals surface area contributed by atoms with E-state index >= 15 is 0 Å². The standard InChI is InChI=1S/C13H17N3O3/c17-12(8-11-2-1-3-14-9-11)16-6-4-15(5-7-16)10-13(18)19/h1-3,9H,4-8,10H2,(H,18,19). The summed E-state index contributed by atoms with van der Waals surface area (Å²) in [5, 5.41) is 8.71. The minimum absolute atomic E-state index is 0.0463. The molecule has 6 nitrogen and oxygen atoms in total. The first-order chi connectivity index (χ1) is 9.15. The summed E-state index contributed by atoms with van der Waals surface area (Å²) in [5.74, 6) is -0.752. The molecule has 6 heteroatoms. The molecular weight excluding hydrogens is 246 g/mol. The zero-order valence-electron chi connectivity index (χ0n) is 10.7. The lowest BCUT2D eigenvalue weighted by atomic mass is 10.2. The number of amides is 1. The van der Waals surface area contributed by atoms with Gasteiger partial charge in [-0.25, -0.2) is 0 Å². The highest BCUT2D eigenvalue weighted by Crippen LogP contribution is 2.06. The van der Waals surface area contributed by atoms with Crippen LogP contribution in [0.3, 0.4) is 0 Å². The number of aromatic nitrogens is 1. The molecule has 0 unspecified atom stereocenters. The van der Waals surface area contributed by atoms with Gasteiger partial charge in [-0.15, -0.1) is 0 Å². The van der Waals surface area contributed by atoms with Crippen LogP contribution in [0.1, 0.15) is 5.56 Å². The van der Waals surface area contributed by atoms with Crippen LogP contribution < -0.4 is 0 Å². The summed E-state index contributed by atoms with van der Waals surface area (Å²) in [5.41, 5.74) is 0.903. The molecule has 1 fully saturated rings. The van der Waals surface area contributed by atoms with Gasteiger partial charge in [-0.05, 0) is 11.6 Å². The average molecular weight is 263 g/mol. The van der Waals surface area contributed by atoms with Crippen molar-refractivity contribution in [2.75, 3.05) is 32.7 Å². The van der Waals surface area contributed by atoms with Crippen LogP contribution in [0.5, 0.6) is 0 Å². The molecule has 0 aliphatic carbocycles. The predicted molar refractivity (Wildman–Crippen MR) is 68.6 cm³/mol. The molecule has 0 aromatic carbocycles. The molecule has 19 heavy (non-hydrogen) atoms. The molecule has 0 saturated carbocycles. The first-order valence-electron chi connectivity index (χ1n) is 6.26. The zero-order chi connectivity index (χ0) is 13.7. The van der Waals surface area contributed by atoms with Crippen LogP contribution in [0.25, 0.3) is 0 Å². The molecule has 1 saturated heterocycles. The number of pyridine rings is 1. The molecule has 102 valence electrons. The SMILES string of the molecule is O=C(O)CN1CCN(C(=O)Cc2cccnc2)CC1. The molecule has 1 N–H and O–H groups in total. The van der Waals surface area contributed by atoms with Gasteiger partial charge < -0.3 is 10.0 Å². The van der Waals surface area contributed by atoms with Gasteiger partial charge in [0, 0.05) is 38.6 Å². The lowest BCUT2D eigenvalue weighted by Crippen LogP contribution is -2.50. The van der Waals surface area contributed by atoms with E-state index in [1.54, 1.807) is 17.3 Å². The minimum Gasteiger partial charge on any atom is -0.480 e. The summed E-state index contributed by atoms with van der Waals surface area (Å²) in [6.07, 6.45) is 3.73. The second-order valence-electron chi connectivity index (χ2n) is 4.59. The van der Waals surface area contributed by atoms with Crippen molar-refractivity contribution in [3.63, 3.8) is 0 Å². The van der Waals surface area contributed by atoms with Crippen molar-refractivity contribution in [1.29, 1.82) is 0 Å². The second kappa shape index (κ2) is 6.29. The number of nitrogens with zero attached hydrogens (tertiary/aromatic N) is 3. The smallest absolute Gasteiger partial charge is 0.317 e. The third-order valence-corrected chi connectivity index (χ3v) is 3.16. The second-order valence-corrected chi connectivity index (χ2v) is 4.59. The zero-order valence-corrected chi connectivity index (χ0v) is 10.7. The summed E-state index contributed by atoms with van der Waals surface area (Å²) >= 11 is 0. The maximum absolute atomic E-state index is 12.1. The fourth-order valence-corrected chi connectivity index (χ4v) is 2.14. The molecule has 0 radical (unpaired) electrons. The van der Waals surface area contributed by atoms with Gasteiger partial charge in [0.05, 0.1) is 13.0 Å². The van der Waals surface area contributed by atoms with E-state index in [-0.39, 0.29) is 12.5 Å².